The third kappa shape index (κ3) is 4.08. The van der Waals surface area contributed by atoms with Gasteiger partial charge in [-0.2, -0.15) is 0 Å². The monoisotopic (exact) mass is 460 g/mol. The van der Waals surface area contributed by atoms with Gasteiger partial charge in [0, 0.05) is 16.5 Å². The van der Waals surface area contributed by atoms with Gasteiger partial charge in [0.1, 0.15) is 0 Å². The van der Waals surface area contributed by atoms with Crippen LogP contribution in [0.1, 0.15) is 76.1 Å². The normalized spacial score (nSPS) is 22.3. The van der Waals surface area contributed by atoms with Gasteiger partial charge in [0.25, 0.3) is 0 Å². The van der Waals surface area contributed by atoms with E-state index in [1.807, 2.05) is 0 Å². The fourth-order valence-corrected chi connectivity index (χ4v) is 5.56. The molecule has 2 aromatic rings. The van der Waals surface area contributed by atoms with Gasteiger partial charge in [-0.05, 0) is 104 Å². The van der Waals surface area contributed by atoms with Gasteiger partial charge in [-0.25, -0.2) is 0 Å². The summed E-state index contributed by atoms with van der Waals surface area (Å²) < 4.78 is 0. The molecule has 2 aromatic carbocycles. The summed E-state index contributed by atoms with van der Waals surface area (Å²) in [5, 5.41) is 3.59. The summed E-state index contributed by atoms with van der Waals surface area (Å²) in [5.74, 6) is 0. The standard InChI is InChI=1S/C33H36N2/c1-21-11-15-28-26(19-21)32(4,5)30(34-28)17-13-24-9-8-10-25(23(24)3)14-18-31-33(6,7)27-20-22(2)12-16-29(27)35-31/h11,13-15,17-20,35H,8-10H2,1-7H3/b17-13+,25-14+,31-18+. The number of rotatable bonds is 3. The van der Waals surface area contributed by atoms with Crippen molar-refractivity contribution in [3.05, 3.63) is 105 Å². The molecular formula is C33H36N2. The van der Waals surface area contributed by atoms with Crippen molar-refractivity contribution in [2.75, 3.05) is 5.32 Å². The molecule has 0 saturated carbocycles. The van der Waals surface area contributed by atoms with Crippen molar-refractivity contribution in [2.24, 2.45) is 4.99 Å². The maximum Gasteiger partial charge on any atom is 0.0941 e. The van der Waals surface area contributed by atoms with Crippen molar-refractivity contribution in [3.63, 3.8) is 0 Å². The van der Waals surface area contributed by atoms with Crippen LogP contribution < -0.4 is 5.32 Å². The zero-order chi connectivity index (χ0) is 25.0. The van der Waals surface area contributed by atoms with Crippen molar-refractivity contribution in [3.8, 4) is 0 Å². The molecule has 2 nitrogen and oxygen atoms in total. The Morgan fingerprint density at radius 1 is 0.886 bits per heavy atom. The van der Waals surface area contributed by atoms with E-state index in [9.17, 15) is 0 Å². The molecule has 5 rings (SSSR count). The number of nitrogens with one attached hydrogen (secondary N) is 1. The minimum atomic E-state index is -0.0639. The number of aliphatic imine (C=N–C) groups is 1. The highest BCUT2D eigenvalue weighted by Gasteiger charge is 2.35. The van der Waals surface area contributed by atoms with Crippen LogP contribution in [-0.4, -0.2) is 5.71 Å². The Kier molecular flexibility index (Phi) is 5.64. The fraction of sp³-hybridized carbons (Fsp3) is 0.364. The molecule has 2 heterocycles. The average Bonchev–Trinajstić information content (AvgIpc) is 3.21. The number of aryl methyl sites for hydroxylation is 2. The lowest BCUT2D eigenvalue weighted by Crippen LogP contribution is -2.23. The molecule has 178 valence electrons. The smallest absolute Gasteiger partial charge is 0.0941 e. The van der Waals surface area contributed by atoms with Crippen LogP contribution in [0.25, 0.3) is 0 Å². The Labute approximate surface area is 211 Å². The highest BCUT2D eigenvalue weighted by molar-refractivity contribution is 6.08. The Balaban J connectivity index is 1.41. The van der Waals surface area contributed by atoms with Gasteiger partial charge in [-0.15, -0.1) is 0 Å². The second-order valence-corrected chi connectivity index (χ2v) is 11.4. The fourth-order valence-electron chi connectivity index (χ4n) is 5.56. The highest BCUT2D eigenvalue weighted by Crippen LogP contribution is 2.43. The third-order valence-corrected chi connectivity index (χ3v) is 8.08. The van der Waals surface area contributed by atoms with Gasteiger partial charge in [0.15, 0.2) is 0 Å². The summed E-state index contributed by atoms with van der Waals surface area (Å²) in [7, 11) is 0. The molecule has 0 aromatic heterocycles. The summed E-state index contributed by atoms with van der Waals surface area (Å²) in [6.07, 6.45) is 12.6. The lowest BCUT2D eigenvalue weighted by molar-refractivity contribution is 0.653. The average molecular weight is 461 g/mol. The molecule has 0 saturated heterocycles. The molecule has 3 aliphatic rings. The van der Waals surface area contributed by atoms with Crippen LogP contribution >= 0.6 is 0 Å². The molecule has 35 heavy (non-hydrogen) atoms. The first-order valence-electron chi connectivity index (χ1n) is 12.8. The number of nitrogens with zero attached hydrogens (tertiary/aromatic N) is 1. The Bertz CT molecular complexity index is 1360. The molecule has 0 radical (unpaired) electrons. The number of hydrogen-bond donors (Lipinski definition) is 1. The summed E-state index contributed by atoms with van der Waals surface area (Å²) in [4.78, 5) is 4.97. The summed E-state index contributed by atoms with van der Waals surface area (Å²) in [5.41, 5.74) is 13.7. The van der Waals surface area contributed by atoms with Gasteiger partial charge in [-0.3, -0.25) is 4.99 Å². The van der Waals surface area contributed by atoms with E-state index in [4.69, 9.17) is 4.99 Å². The van der Waals surface area contributed by atoms with E-state index < -0.39 is 0 Å². The predicted octanol–water partition coefficient (Wildman–Crippen LogP) is 8.54. The number of hydrogen-bond acceptors (Lipinski definition) is 2. The second kappa shape index (κ2) is 8.42. The molecule has 0 amide bonds. The van der Waals surface area contributed by atoms with E-state index in [2.05, 4.69) is 114 Å². The lowest BCUT2D eigenvalue weighted by atomic mass is 9.80. The highest BCUT2D eigenvalue weighted by atomic mass is 14.9. The molecule has 0 fully saturated rings. The van der Waals surface area contributed by atoms with E-state index in [0.717, 1.165) is 35.5 Å². The van der Waals surface area contributed by atoms with Crippen LogP contribution in [0, 0.1) is 26.0 Å². The van der Waals surface area contributed by atoms with E-state index in [1.54, 1.807) is 0 Å². The number of fused-ring (bicyclic) bond motifs is 2. The molecule has 0 bridgehead atoms. The molecule has 0 unspecified atom stereocenters. The maximum atomic E-state index is 4.97. The van der Waals surface area contributed by atoms with Gasteiger partial charge in [0.2, 0.25) is 0 Å². The van der Waals surface area contributed by atoms with Crippen molar-refractivity contribution >= 4 is 17.1 Å². The van der Waals surface area contributed by atoms with Gasteiger partial charge in [0.05, 0.1) is 17.1 Å². The van der Waals surface area contributed by atoms with Crippen molar-refractivity contribution in [2.45, 2.75) is 78.6 Å². The molecule has 0 spiro atoms. The molecule has 2 heteroatoms. The Hall–Kier alpha value is -3.31. The first kappa shape index (κ1) is 23.4. The van der Waals surface area contributed by atoms with Crippen molar-refractivity contribution < 1.29 is 0 Å². The van der Waals surface area contributed by atoms with Gasteiger partial charge in [-0.1, -0.05) is 63.6 Å². The first-order valence-corrected chi connectivity index (χ1v) is 12.8. The summed E-state index contributed by atoms with van der Waals surface area (Å²) in [6.45, 7) is 15.6. The van der Waals surface area contributed by atoms with Crippen LogP contribution in [0.5, 0.6) is 0 Å². The lowest BCUT2D eigenvalue weighted by Gasteiger charge is -2.22. The molecule has 2 aliphatic heterocycles. The SMILES string of the molecule is CC1=C(/C=C/C2=Nc3ccc(C)cc3C2(C)C)CCC/C1=C\C=C1\Nc2c#cc(C)cc2C1(C)C. The van der Waals surface area contributed by atoms with E-state index in [1.165, 1.54) is 45.5 Å². The minimum absolute atomic E-state index is 0.0582. The van der Waals surface area contributed by atoms with E-state index in [-0.39, 0.29) is 10.8 Å². The van der Waals surface area contributed by atoms with Crippen LogP contribution in [0.2, 0.25) is 0 Å². The molecule has 0 atom stereocenters. The topological polar surface area (TPSA) is 24.4 Å². The van der Waals surface area contributed by atoms with E-state index in [0.29, 0.717) is 0 Å². The van der Waals surface area contributed by atoms with Gasteiger partial charge < -0.3 is 5.32 Å². The molecule has 1 N–H and O–H groups in total. The minimum Gasteiger partial charge on any atom is -0.351 e. The van der Waals surface area contributed by atoms with Crippen molar-refractivity contribution in [1.29, 1.82) is 0 Å². The number of benzene rings is 1. The first-order chi connectivity index (χ1) is 16.6. The Morgan fingerprint density at radius 2 is 1.69 bits per heavy atom. The number of anilines is 1. The van der Waals surface area contributed by atoms with Gasteiger partial charge >= 0.3 is 0 Å². The van der Waals surface area contributed by atoms with Crippen LogP contribution in [-0.2, 0) is 10.8 Å². The number of allylic oxidation sites excluding steroid dienone is 8. The molecule has 1 aliphatic carbocycles. The summed E-state index contributed by atoms with van der Waals surface area (Å²) >= 11 is 0. The third-order valence-electron chi connectivity index (χ3n) is 8.08. The maximum absolute atomic E-state index is 4.97. The largest absolute Gasteiger partial charge is 0.351 e. The van der Waals surface area contributed by atoms with Crippen LogP contribution in [0.4, 0.5) is 11.4 Å². The second-order valence-electron chi connectivity index (χ2n) is 11.4. The molecular weight excluding hydrogens is 424 g/mol. The van der Waals surface area contributed by atoms with E-state index >= 15 is 0 Å². The van der Waals surface area contributed by atoms with Crippen LogP contribution in [0.3, 0.4) is 0 Å². The van der Waals surface area contributed by atoms with Crippen molar-refractivity contribution in [1.82, 2.24) is 0 Å². The predicted molar refractivity (Wildman–Crippen MR) is 149 cm³/mol. The zero-order valence-corrected chi connectivity index (χ0v) is 22.2. The zero-order valence-electron chi connectivity index (χ0n) is 22.2. The summed E-state index contributed by atoms with van der Waals surface area (Å²) in [6, 6.07) is 15.3. The Morgan fingerprint density at radius 3 is 2.49 bits per heavy atom. The van der Waals surface area contributed by atoms with Crippen LogP contribution in [0.15, 0.2) is 76.0 Å². The quantitative estimate of drug-likeness (QED) is 0.487.